The number of rotatable bonds is 6. The van der Waals surface area contributed by atoms with E-state index >= 15 is 0 Å². The summed E-state index contributed by atoms with van der Waals surface area (Å²) >= 11 is 1.42. The van der Waals surface area contributed by atoms with Crippen molar-refractivity contribution in [2.45, 2.75) is 26.2 Å². The van der Waals surface area contributed by atoms with Gasteiger partial charge < -0.3 is 16.8 Å². The van der Waals surface area contributed by atoms with Crippen molar-refractivity contribution in [2.75, 3.05) is 12.3 Å². The minimum Gasteiger partial charge on any atom is -0.397 e. The van der Waals surface area contributed by atoms with E-state index in [9.17, 15) is 9.59 Å². The molecule has 2 amide bonds. The molecule has 1 aromatic heterocycles. The summed E-state index contributed by atoms with van der Waals surface area (Å²) < 4.78 is 1.05. The van der Waals surface area contributed by atoms with E-state index in [0.717, 1.165) is 22.1 Å². The highest BCUT2D eigenvalue weighted by Crippen LogP contribution is 2.35. The summed E-state index contributed by atoms with van der Waals surface area (Å²) in [6, 6.07) is 5.87. The van der Waals surface area contributed by atoms with E-state index in [1.165, 1.54) is 11.3 Å². The number of aryl methyl sites for hydroxylation is 1. The molecule has 1 heterocycles. The van der Waals surface area contributed by atoms with Crippen molar-refractivity contribution in [3.63, 3.8) is 0 Å². The number of benzene rings is 1. The first-order valence-electron chi connectivity index (χ1n) is 6.84. The standard InChI is InChI=1S/C15H19N3O2S/c1-9-5-4-6-10-12(17)14(21-13(9)10)15(20)18-8-3-2-7-11(16)19/h4-6H,2-3,7-8,17H2,1H3,(H2,16,19)(H,18,20). The molecule has 0 aliphatic heterocycles. The maximum Gasteiger partial charge on any atom is 0.263 e. The largest absolute Gasteiger partial charge is 0.397 e. The van der Waals surface area contributed by atoms with Gasteiger partial charge in [0.2, 0.25) is 5.91 Å². The minimum absolute atomic E-state index is 0.160. The number of carbonyl (C=O) groups excluding carboxylic acids is 2. The van der Waals surface area contributed by atoms with Crippen LogP contribution in [-0.4, -0.2) is 18.4 Å². The number of nitrogens with one attached hydrogen (secondary N) is 1. The van der Waals surface area contributed by atoms with Gasteiger partial charge in [0.15, 0.2) is 0 Å². The summed E-state index contributed by atoms with van der Waals surface area (Å²) in [6.45, 7) is 2.52. The lowest BCUT2D eigenvalue weighted by molar-refractivity contribution is -0.118. The van der Waals surface area contributed by atoms with Crippen LogP contribution in [0.15, 0.2) is 18.2 Å². The molecule has 6 heteroatoms. The number of carbonyl (C=O) groups is 2. The molecule has 0 spiro atoms. The van der Waals surface area contributed by atoms with E-state index in [4.69, 9.17) is 11.5 Å². The van der Waals surface area contributed by atoms with Crippen LogP contribution < -0.4 is 16.8 Å². The Morgan fingerprint density at radius 3 is 2.71 bits per heavy atom. The fourth-order valence-corrected chi connectivity index (χ4v) is 3.26. The van der Waals surface area contributed by atoms with E-state index < -0.39 is 0 Å². The van der Waals surface area contributed by atoms with Crippen LogP contribution in [0.3, 0.4) is 0 Å². The van der Waals surface area contributed by atoms with E-state index in [0.29, 0.717) is 30.0 Å². The zero-order chi connectivity index (χ0) is 15.4. The van der Waals surface area contributed by atoms with Crippen molar-refractivity contribution in [2.24, 2.45) is 5.73 Å². The summed E-state index contributed by atoms with van der Waals surface area (Å²) in [6.07, 6.45) is 1.75. The number of hydrogen-bond donors (Lipinski definition) is 3. The molecule has 0 saturated heterocycles. The van der Waals surface area contributed by atoms with E-state index in [1.807, 2.05) is 25.1 Å². The smallest absolute Gasteiger partial charge is 0.263 e. The van der Waals surface area contributed by atoms with Gasteiger partial charge in [-0.3, -0.25) is 9.59 Å². The van der Waals surface area contributed by atoms with E-state index in [2.05, 4.69) is 5.32 Å². The van der Waals surface area contributed by atoms with Crippen LogP contribution in [0.5, 0.6) is 0 Å². The predicted molar refractivity (Wildman–Crippen MR) is 86.4 cm³/mol. The number of nitrogen functional groups attached to an aromatic ring is 1. The Morgan fingerprint density at radius 2 is 2.05 bits per heavy atom. The monoisotopic (exact) mass is 305 g/mol. The van der Waals surface area contributed by atoms with Gasteiger partial charge >= 0.3 is 0 Å². The summed E-state index contributed by atoms with van der Waals surface area (Å²) in [5.74, 6) is -0.474. The Kier molecular flexibility index (Phi) is 4.80. The Labute approximate surface area is 127 Å². The van der Waals surface area contributed by atoms with Gasteiger partial charge in [0.05, 0.1) is 5.69 Å². The molecule has 5 nitrogen and oxygen atoms in total. The highest BCUT2D eigenvalue weighted by atomic mass is 32.1. The van der Waals surface area contributed by atoms with Gasteiger partial charge in [0.25, 0.3) is 5.91 Å². The quantitative estimate of drug-likeness (QED) is 0.713. The predicted octanol–water partition coefficient (Wildman–Crippen LogP) is 2.18. The van der Waals surface area contributed by atoms with E-state index in [-0.39, 0.29) is 11.8 Å². The molecule has 1 aromatic carbocycles. The molecule has 2 aromatic rings. The molecule has 112 valence electrons. The minimum atomic E-state index is -0.314. The zero-order valence-electron chi connectivity index (χ0n) is 11.9. The van der Waals surface area contributed by atoms with E-state index in [1.54, 1.807) is 0 Å². The number of amides is 2. The second-order valence-corrected chi connectivity index (χ2v) is 6.00. The Morgan fingerprint density at radius 1 is 1.29 bits per heavy atom. The normalized spacial score (nSPS) is 10.7. The maximum absolute atomic E-state index is 12.2. The summed E-state index contributed by atoms with van der Waals surface area (Å²) in [4.78, 5) is 23.3. The van der Waals surface area contributed by atoms with Crippen molar-refractivity contribution in [3.05, 3.63) is 28.6 Å². The molecular weight excluding hydrogens is 286 g/mol. The van der Waals surface area contributed by atoms with Crippen molar-refractivity contribution >= 4 is 38.9 Å². The Hall–Kier alpha value is -2.08. The molecule has 0 unspecified atom stereocenters. The maximum atomic E-state index is 12.2. The molecule has 21 heavy (non-hydrogen) atoms. The summed E-state index contributed by atoms with van der Waals surface area (Å²) in [5.41, 5.74) is 12.8. The average molecular weight is 305 g/mol. The second kappa shape index (κ2) is 6.58. The fourth-order valence-electron chi connectivity index (χ4n) is 2.15. The van der Waals surface area contributed by atoms with Crippen molar-refractivity contribution in [1.29, 1.82) is 0 Å². The number of fused-ring (bicyclic) bond motifs is 1. The van der Waals surface area contributed by atoms with Gasteiger partial charge in [-0.15, -0.1) is 11.3 Å². The van der Waals surface area contributed by atoms with Crippen LogP contribution in [-0.2, 0) is 4.79 Å². The molecular formula is C15H19N3O2S. The highest BCUT2D eigenvalue weighted by Gasteiger charge is 2.16. The van der Waals surface area contributed by atoms with Crippen LogP contribution in [0.2, 0.25) is 0 Å². The van der Waals surface area contributed by atoms with Crippen LogP contribution in [0.25, 0.3) is 10.1 Å². The molecule has 5 N–H and O–H groups in total. The first kappa shape index (κ1) is 15.3. The van der Waals surface area contributed by atoms with Crippen molar-refractivity contribution in [3.8, 4) is 0 Å². The van der Waals surface area contributed by atoms with Crippen molar-refractivity contribution < 1.29 is 9.59 Å². The number of hydrogen-bond acceptors (Lipinski definition) is 4. The summed E-state index contributed by atoms with van der Waals surface area (Å²) in [7, 11) is 0. The third kappa shape index (κ3) is 3.52. The number of primary amides is 1. The molecule has 0 atom stereocenters. The lowest BCUT2D eigenvalue weighted by atomic mass is 10.1. The number of nitrogens with two attached hydrogens (primary N) is 2. The number of anilines is 1. The average Bonchev–Trinajstić information content (AvgIpc) is 2.77. The molecule has 0 radical (unpaired) electrons. The molecule has 0 fully saturated rings. The highest BCUT2D eigenvalue weighted by molar-refractivity contribution is 7.21. The van der Waals surface area contributed by atoms with Crippen LogP contribution >= 0.6 is 11.3 Å². The first-order valence-corrected chi connectivity index (χ1v) is 7.66. The van der Waals surface area contributed by atoms with Gasteiger partial charge in [0.1, 0.15) is 4.88 Å². The Balaban J connectivity index is 2.01. The van der Waals surface area contributed by atoms with Crippen LogP contribution in [0.1, 0.15) is 34.5 Å². The van der Waals surface area contributed by atoms with Gasteiger partial charge in [-0.25, -0.2) is 0 Å². The topological polar surface area (TPSA) is 98.2 Å². The first-order chi connectivity index (χ1) is 10.0. The van der Waals surface area contributed by atoms with Gasteiger partial charge in [-0.05, 0) is 25.3 Å². The SMILES string of the molecule is Cc1cccc2c(N)c(C(=O)NCCCCC(N)=O)sc12. The van der Waals surface area contributed by atoms with Crippen molar-refractivity contribution in [1.82, 2.24) is 5.32 Å². The fraction of sp³-hybridized carbons (Fsp3) is 0.333. The van der Waals surface area contributed by atoms with Gasteiger partial charge in [-0.1, -0.05) is 18.2 Å². The zero-order valence-corrected chi connectivity index (χ0v) is 12.8. The third-order valence-corrected chi connectivity index (χ3v) is 4.65. The molecule has 0 aliphatic rings. The van der Waals surface area contributed by atoms with Crippen LogP contribution in [0.4, 0.5) is 5.69 Å². The van der Waals surface area contributed by atoms with Gasteiger partial charge in [-0.2, -0.15) is 0 Å². The second-order valence-electron chi connectivity index (χ2n) is 4.98. The lowest BCUT2D eigenvalue weighted by Crippen LogP contribution is -2.24. The molecule has 2 rings (SSSR count). The lowest BCUT2D eigenvalue weighted by Gasteiger charge is -2.03. The van der Waals surface area contributed by atoms with Crippen LogP contribution in [0, 0.1) is 6.92 Å². The molecule has 0 saturated carbocycles. The number of unbranched alkanes of at least 4 members (excludes halogenated alkanes) is 1. The Bertz CT molecular complexity index is 679. The molecule has 0 aliphatic carbocycles. The summed E-state index contributed by atoms with van der Waals surface area (Å²) in [5, 5.41) is 3.76. The third-order valence-electron chi connectivity index (χ3n) is 3.29. The number of thiophene rings is 1. The molecule has 0 bridgehead atoms. The van der Waals surface area contributed by atoms with Gasteiger partial charge in [0, 0.05) is 23.1 Å².